The van der Waals surface area contributed by atoms with Crippen LogP contribution in [0.4, 0.5) is 0 Å². The van der Waals surface area contributed by atoms with Gasteiger partial charge in [0.1, 0.15) is 5.78 Å². The Morgan fingerprint density at radius 3 is 2.42 bits per heavy atom. The summed E-state index contributed by atoms with van der Waals surface area (Å²) in [6.45, 7) is 6.13. The van der Waals surface area contributed by atoms with E-state index in [1.54, 1.807) is 14.0 Å². The lowest BCUT2D eigenvalue weighted by Crippen LogP contribution is -2.53. The van der Waals surface area contributed by atoms with Crippen LogP contribution in [0, 0.1) is 0 Å². The Labute approximate surface area is 144 Å². The van der Waals surface area contributed by atoms with E-state index >= 15 is 0 Å². The van der Waals surface area contributed by atoms with Gasteiger partial charge >= 0.3 is 0 Å². The second-order valence-corrected chi connectivity index (χ2v) is 6.50. The van der Waals surface area contributed by atoms with Crippen molar-refractivity contribution in [3.63, 3.8) is 0 Å². The number of ketones is 1. The number of carbonyl (C=O) groups excluding carboxylic acids is 2. The van der Waals surface area contributed by atoms with E-state index in [0.29, 0.717) is 13.2 Å². The highest BCUT2D eigenvalue weighted by atomic mass is 16.5. The van der Waals surface area contributed by atoms with Crippen LogP contribution in [0.2, 0.25) is 0 Å². The maximum Gasteiger partial charge on any atom is 0.237 e. The fourth-order valence-corrected chi connectivity index (χ4v) is 3.48. The van der Waals surface area contributed by atoms with Crippen LogP contribution in [0.15, 0.2) is 30.3 Å². The standard InChI is InChI=1S/C19H28N2O3/c1-15(18(23)20-11-14-24-3)21-12-9-19(10-13-21,16(2)22)17-7-5-4-6-8-17/h4-8,15H,9-14H2,1-3H3,(H,20,23)/t15-/m1/s1. The number of benzene rings is 1. The van der Waals surface area contributed by atoms with Crippen LogP contribution >= 0.6 is 0 Å². The number of hydrogen-bond donors (Lipinski definition) is 1. The van der Waals surface area contributed by atoms with Crippen molar-refractivity contribution in [2.24, 2.45) is 0 Å². The van der Waals surface area contributed by atoms with Crippen molar-refractivity contribution in [3.8, 4) is 0 Å². The van der Waals surface area contributed by atoms with Crippen LogP contribution in [0.1, 0.15) is 32.3 Å². The molecule has 1 aliphatic rings. The summed E-state index contributed by atoms with van der Waals surface area (Å²) in [6, 6.07) is 9.83. The highest BCUT2D eigenvalue weighted by Gasteiger charge is 2.41. The smallest absolute Gasteiger partial charge is 0.237 e. The number of nitrogens with zero attached hydrogens (tertiary/aromatic N) is 1. The monoisotopic (exact) mass is 332 g/mol. The van der Waals surface area contributed by atoms with Crippen LogP contribution in [-0.2, 0) is 19.7 Å². The minimum absolute atomic E-state index is 0.0158. The van der Waals surface area contributed by atoms with E-state index < -0.39 is 5.41 Å². The van der Waals surface area contributed by atoms with Crippen LogP contribution in [0.3, 0.4) is 0 Å². The van der Waals surface area contributed by atoms with Gasteiger partial charge in [-0.25, -0.2) is 0 Å². The van der Waals surface area contributed by atoms with Gasteiger partial charge in [0.15, 0.2) is 0 Å². The van der Waals surface area contributed by atoms with E-state index in [1.807, 2.05) is 37.3 Å². The Bertz CT molecular complexity index is 551. The zero-order chi connectivity index (χ0) is 17.6. The molecule has 1 aromatic carbocycles. The molecule has 1 N–H and O–H groups in total. The van der Waals surface area contributed by atoms with Gasteiger partial charge in [-0.15, -0.1) is 0 Å². The molecule has 0 spiro atoms. The molecule has 24 heavy (non-hydrogen) atoms. The first-order valence-electron chi connectivity index (χ1n) is 8.58. The van der Waals surface area contributed by atoms with Crippen molar-refractivity contribution in [1.29, 1.82) is 0 Å². The SMILES string of the molecule is COCCNC(=O)[C@@H](C)N1CCC(C(C)=O)(c2ccccc2)CC1. The molecule has 0 unspecified atom stereocenters. The minimum Gasteiger partial charge on any atom is -0.383 e. The molecule has 0 aromatic heterocycles. The third-order valence-corrected chi connectivity index (χ3v) is 5.18. The lowest BCUT2D eigenvalue weighted by atomic mass is 9.70. The molecular weight excluding hydrogens is 304 g/mol. The maximum absolute atomic E-state index is 12.4. The molecule has 1 saturated heterocycles. The zero-order valence-corrected chi connectivity index (χ0v) is 14.9. The second-order valence-electron chi connectivity index (χ2n) is 6.50. The average Bonchev–Trinajstić information content (AvgIpc) is 2.62. The Balaban J connectivity index is 2.00. The Morgan fingerprint density at radius 1 is 1.25 bits per heavy atom. The molecular formula is C19H28N2O3. The molecule has 1 fully saturated rings. The van der Waals surface area contributed by atoms with Crippen LogP contribution < -0.4 is 5.32 Å². The Morgan fingerprint density at radius 2 is 1.88 bits per heavy atom. The summed E-state index contributed by atoms with van der Waals surface area (Å²) >= 11 is 0. The van der Waals surface area contributed by atoms with Gasteiger partial charge in [-0.1, -0.05) is 30.3 Å². The highest BCUT2D eigenvalue weighted by molar-refractivity contribution is 5.88. The highest BCUT2D eigenvalue weighted by Crippen LogP contribution is 2.36. The van der Waals surface area contributed by atoms with Gasteiger partial charge in [0.2, 0.25) is 5.91 Å². The number of rotatable bonds is 7. The lowest BCUT2D eigenvalue weighted by molar-refractivity contribution is -0.128. The van der Waals surface area contributed by atoms with E-state index in [2.05, 4.69) is 10.2 Å². The van der Waals surface area contributed by atoms with E-state index in [0.717, 1.165) is 31.5 Å². The number of ether oxygens (including phenoxy) is 1. The maximum atomic E-state index is 12.4. The first-order valence-corrected chi connectivity index (χ1v) is 8.58. The van der Waals surface area contributed by atoms with Gasteiger partial charge in [0.25, 0.3) is 0 Å². The fourth-order valence-electron chi connectivity index (χ4n) is 3.48. The molecule has 1 amide bonds. The largest absolute Gasteiger partial charge is 0.383 e. The van der Waals surface area contributed by atoms with Crippen molar-refractivity contribution in [2.45, 2.75) is 38.1 Å². The molecule has 1 heterocycles. The molecule has 0 bridgehead atoms. The number of piperidine rings is 1. The van der Waals surface area contributed by atoms with Crippen molar-refractivity contribution in [2.75, 3.05) is 33.4 Å². The molecule has 0 radical (unpaired) electrons. The number of carbonyl (C=O) groups is 2. The number of likely N-dealkylation sites (tertiary alicyclic amines) is 1. The van der Waals surface area contributed by atoms with Gasteiger partial charge in [0, 0.05) is 26.7 Å². The normalized spacial score (nSPS) is 18.8. The van der Waals surface area contributed by atoms with E-state index in [1.165, 1.54) is 0 Å². The molecule has 0 aliphatic carbocycles. The summed E-state index contributed by atoms with van der Waals surface area (Å²) in [5.41, 5.74) is 0.679. The van der Waals surface area contributed by atoms with Crippen LogP contribution in [0.5, 0.6) is 0 Å². The number of hydrogen-bond acceptors (Lipinski definition) is 4. The third kappa shape index (κ3) is 4.02. The summed E-state index contributed by atoms with van der Waals surface area (Å²) in [4.78, 5) is 26.8. The van der Waals surface area contributed by atoms with Gasteiger partial charge < -0.3 is 10.1 Å². The summed E-state index contributed by atoms with van der Waals surface area (Å²) < 4.78 is 4.95. The predicted octanol–water partition coefficient (Wildman–Crippen LogP) is 1.76. The van der Waals surface area contributed by atoms with Gasteiger partial charge in [-0.2, -0.15) is 0 Å². The number of methoxy groups -OCH3 is 1. The van der Waals surface area contributed by atoms with Crippen molar-refractivity contribution in [1.82, 2.24) is 10.2 Å². The van der Waals surface area contributed by atoms with Crippen LogP contribution in [0.25, 0.3) is 0 Å². The molecule has 2 rings (SSSR count). The topological polar surface area (TPSA) is 58.6 Å². The van der Waals surface area contributed by atoms with Gasteiger partial charge in [-0.05, 0) is 32.3 Å². The summed E-state index contributed by atoms with van der Waals surface area (Å²) in [7, 11) is 1.62. The first-order chi connectivity index (χ1) is 11.5. The predicted molar refractivity (Wildman–Crippen MR) is 94.0 cm³/mol. The molecule has 1 atom stereocenters. The number of nitrogens with one attached hydrogen (secondary N) is 1. The van der Waals surface area contributed by atoms with E-state index in [-0.39, 0.29) is 17.7 Å². The van der Waals surface area contributed by atoms with Crippen molar-refractivity contribution >= 4 is 11.7 Å². The van der Waals surface area contributed by atoms with E-state index in [9.17, 15) is 9.59 Å². The number of amides is 1. The lowest BCUT2D eigenvalue weighted by Gasteiger charge is -2.42. The summed E-state index contributed by atoms with van der Waals surface area (Å²) in [6.07, 6.45) is 1.50. The summed E-state index contributed by atoms with van der Waals surface area (Å²) in [5.74, 6) is 0.229. The molecule has 5 heteroatoms. The molecule has 1 aromatic rings. The van der Waals surface area contributed by atoms with Crippen LogP contribution in [-0.4, -0.2) is 56.0 Å². The van der Waals surface area contributed by atoms with Gasteiger partial charge in [-0.3, -0.25) is 14.5 Å². The molecule has 5 nitrogen and oxygen atoms in total. The van der Waals surface area contributed by atoms with E-state index in [4.69, 9.17) is 4.74 Å². The number of Topliss-reactive ketones (excluding diaryl/α,β-unsaturated/α-hetero) is 1. The molecule has 132 valence electrons. The first kappa shape index (κ1) is 18.6. The van der Waals surface area contributed by atoms with Gasteiger partial charge in [0.05, 0.1) is 18.1 Å². The minimum atomic E-state index is -0.413. The zero-order valence-electron chi connectivity index (χ0n) is 14.9. The molecule has 1 aliphatic heterocycles. The fraction of sp³-hybridized carbons (Fsp3) is 0.579. The third-order valence-electron chi connectivity index (χ3n) is 5.18. The molecule has 0 saturated carbocycles. The quantitative estimate of drug-likeness (QED) is 0.773. The van der Waals surface area contributed by atoms with Crippen molar-refractivity contribution in [3.05, 3.63) is 35.9 Å². The Kier molecular flexibility index (Phi) is 6.52. The average molecular weight is 332 g/mol. The summed E-state index contributed by atoms with van der Waals surface area (Å²) in [5, 5.41) is 2.88. The second kappa shape index (κ2) is 8.40. The van der Waals surface area contributed by atoms with Crippen molar-refractivity contribution < 1.29 is 14.3 Å². The Hall–Kier alpha value is -1.72.